The molecule has 1 aromatic rings. The van der Waals surface area contributed by atoms with Crippen LogP contribution >= 0.6 is 11.3 Å². The molecule has 21 heavy (non-hydrogen) atoms. The Morgan fingerprint density at radius 1 is 1.48 bits per heavy atom. The van der Waals surface area contributed by atoms with E-state index in [1.54, 1.807) is 17.5 Å². The van der Waals surface area contributed by atoms with Crippen LogP contribution in [0.4, 0.5) is 0 Å². The fraction of sp³-hybridized carbons (Fsp3) is 0.769. The third kappa shape index (κ3) is 2.87. The summed E-state index contributed by atoms with van der Waals surface area (Å²) < 4.78 is 25.5. The zero-order chi connectivity index (χ0) is 15.1. The van der Waals surface area contributed by atoms with Gasteiger partial charge in [-0.15, -0.1) is 11.3 Å². The molecule has 0 aliphatic carbocycles. The van der Waals surface area contributed by atoms with Gasteiger partial charge in [-0.05, 0) is 19.3 Å². The predicted octanol–water partition coefficient (Wildman–Crippen LogP) is 0.504. The monoisotopic (exact) mass is 331 g/mol. The second kappa shape index (κ2) is 5.58. The first-order chi connectivity index (χ1) is 9.92. The van der Waals surface area contributed by atoms with Crippen LogP contribution in [0.5, 0.6) is 0 Å². The number of sulfonamides is 1. The van der Waals surface area contributed by atoms with E-state index in [2.05, 4.69) is 9.88 Å². The maximum Gasteiger partial charge on any atom is 0.211 e. The average Bonchev–Trinajstić information content (AvgIpc) is 3.03. The normalized spacial score (nSPS) is 32.0. The van der Waals surface area contributed by atoms with Gasteiger partial charge in [0.1, 0.15) is 5.01 Å². The van der Waals surface area contributed by atoms with Crippen molar-refractivity contribution < 1.29 is 13.5 Å². The van der Waals surface area contributed by atoms with Gasteiger partial charge < -0.3 is 5.11 Å². The molecule has 6 nitrogen and oxygen atoms in total. The number of nitrogens with zero attached hydrogens (tertiary/aromatic N) is 3. The number of rotatable bonds is 3. The molecule has 0 bridgehead atoms. The Labute approximate surface area is 129 Å². The fourth-order valence-electron chi connectivity index (χ4n) is 3.64. The molecule has 3 heterocycles. The van der Waals surface area contributed by atoms with Crippen LogP contribution in [0, 0.1) is 0 Å². The minimum atomic E-state index is -3.27. The van der Waals surface area contributed by atoms with Gasteiger partial charge in [0, 0.05) is 31.2 Å². The molecule has 0 amide bonds. The van der Waals surface area contributed by atoms with E-state index in [0.29, 0.717) is 19.5 Å². The van der Waals surface area contributed by atoms with E-state index in [9.17, 15) is 13.5 Å². The van der Waals surface area contributed by atoms with E-state index in [1.807, 2.05) is 5.38 Å². The molecule has 0 saturated carbocycles. The van der Waals surface area contributed by atoms with Crippen molar-refractivity contribution in [3.05, 3.63) is 16.6 Å². The molecule has 2 fully saturated rings. The summed E-state index contributed by atoms with van der Waals surface area (Å²) in [5.74, 6) is 0. The lowest BCUT2D eigenvalue weighted by atomic mass is 9.83. The van der Waals surface area contributed by atoms with Crippen LogP contribution in [-0.4, -0.2) is 65.2 Å². The van der Waals surface area contributed by atoms with Crippen molar-refractivity contribution in [2.24, 2.45) is 0 Å². The van der Waals surface area contributed by atoms with E-state index in [0.717, 1.165) is 30.9 Å². The molecule has 0 aromatic carbocycles. The Balaban J connectivity index is 1.73. The van der Waals surface area contributed by atoms with Crippen molar-refractivity contribution in [2.45, 2.75) is 37.5 Å². The van der Waals surface area contributed by atoms with Crippen molar-refractivity contribution >= 4 is 21.4 Å². The smallest absolute Gasteiger partial charge is 0.211 e. The van der Waals surface area contributed by atoms with Gasteiger partial charge in [-0.3, -0.25) is 4.90 Å². The largest absolute Gasteiger partial charge is 0.390 e. The molecule has 1 aromatic heterocycles. The Morgan fingerprint density at radius 3 is 2.90 bits per heavy atom. The summed E-state index contributed by atoms with van der Waals surface area (Å²) in [6.07, 6.45) is 4.66. The van der Waals surface area contributed by atoms with E-state index in [1.165, 1.54) is 10.6 Å². The van der Waals surface area contributed by atoms with Crippen LogP contribution < -0.4 is 0 Å². The molecule has 0 unspecified atom stereocenters. The number of β-amino-alcohol motifs (C(OH)–C–C–N with tert-alkyl or cyclic N) is 1. The molecule has 2 aliphatic rings. The lowest BCUT2D eigenvalue weighted by Crippen LogP contribution is -2.62. The van der Waals surface area contributed by atoms with Crippen molar-refractivity contribution in [3.8, 4) is 0 Å². The number of hydrogen-bond donors (Lipinski definition) is 1. The van der Waals surface area contributed by atoms with Crippen LogP contribution in [0.25, 0.3) is 0 Å². The van der Waals surface area contributed by atoms with Gasteiger partial charge in [-0.25, -0.2) is 13.4 Å². The van der Waals surface area contributed by atoms with Gasteiger partial charge in [-0.2, -0.15) is 4.31 Å². The van der Waals surface area contributed by atoms with Gasteiger partial charge >= 0.3 is 0 Å². The Morgan fingerprint density at radius 2 is 2.29 bits per heavy atom. The van der Waals surface area contributed by atoms with Gasteiger partial charge in [-0.1, -0.05) is 0 Å². The molecule has 2 saturated heterocycles. The van der Waals surface area contributed by atoms with E-state index in [-0.39, 0.29) is 0 Å². The molecule has 0 radical (unpaired) electrons. The molecule has 1 N–H and O–H groups in total. The molecular formula is C13H21N3O3S2. The minimum absolute atomic E-state index is 0.506. The first kappa shape index (κ1) is 15.4. The number of hydrogen-bond acceptors (Lipinski definition) is 6. The predicted molar refractivity (Wildman–Crippen MR) is 81.5 cm³/mol. The van der Waals surface area contributed by atoms with Gasteiger partial charge in [0.15, 0.2) is 0 Å². The van der Waals surface area contributed by atoms with Crippen molar-refractivity contribution in [1.82, 2.24) is 14.2 Å². The zero-order valence-corrected chi connectivity index (χ0v) is 13.7. The van der Waals surface area contributed by atoms with Crippen molar-refractivity contribution in [2.75, 3.05) is 25.9 Å². The highest BCUT2D eigenvalue weighted by Gasteiger charge is 2.52. The Hall–Kier alpha value is -0.540. The first-order valence-electron chi connectivity index (χ1n) is 7.18. The number of piperidine rings is 1. The van der Waals surface area contributed by atoms with Crippen molar-refractivity contribution in [1.29, 1.82) is 0 Å². The number of thiazole rings is 1. The summed E-state index contributed by atoms with van der Waals surface area (Å²) in [4.78, 5) is 6.43. The van der Waals surface area contributed by atoms with E-state index >= 15 is 0 Å². The quantitative estimate of drug-likeness (QED) is 0.873. The van der Waals surface area contributed by atoms with Gasteiger partial charge in [0.2, 0.25) is 10.0 Å². The van der Waals surface area contributed by atoms with Crippen LogP contribution in [-0.2, 0) is 16.6 Å². The maximum atomic E-state index is 12.0. The molecule has 1 spiro atoms. The third-order valence-corrected chi connectivity index (χ3v) is 6.73. The van der Waals surface area contributed by atoms with Crippen LogP contribution in [0.1, 0.15) is 24.3 Å². The topological polar surface area (TPSA) is 73.7 Å². The van der Waals surface area contributed by atoms with Crippen LogP contribution in [0.3, 0.4) is 0 Å². The van der Waals surface area contributed by atoms with Crippen LogP contribution in [0.2, 0.25) is 0 Å². The highest BCUT2D eigenvalue weighted by Crippen LogP contribution is 2.40. The summed E-state index contributed by atoms with van der Waals surface area (Å²) in [5.41, 5.74) is -0.590. The Bertz CT molecular complexity index is 590. The van der Waals surface area contributed by atoms with Crippen molar-refractivity contribution in [3.63, 3.8) is 0 Å². The summed E-state index contributed by atoms with van der Waals surface area (Å²) in [5, 5.41) is 13.6. The minimum Gasteiger partial charge on any atom is -0.390 e. The SMILES string of the molecule is CS(=O)(=O)N1CCC[C@@]12CCN(Cc1nccs1)C[C@@H]2O. The molecule has 3 rings (SSSR count). The molecule has 118 valence electrons. The summed E-state index contributed by atoms with van der Waals surface area (Å²) in [7, 11) is -3.27. The highest BCUT2D eigenvalue weighted by atomic mass is 32.2. The van der Waals surface area contributed by atoms with E-state index in [4.69, 9.17) is 0 Å². The molecule has 8 heteroatoms. The number of aliphatic hydroxyl groups is 1. The average molecular weight is 331 g/mol. The van der Waals surface area contributed by atoms with Crippen LogP contribution in [0.15, 0.2) is 11.6 Å². The Kier molecular flexibility index (Phi) is 4.08. The van der Waals surface area contributed by atoms with E-state index < -0.39 is 21.7 Å². The summed E-state index contributed by atoms with van der Waals surface area (Å²) in [6.45, 7) is 2.56. The fourth-order valence-corrected chi connectivity index (χ4v) is 5.73. The lowest BCUT2D eigenvalue weighted by molar-refractivity contribution is -0.0380. The lowest BCUT2D eigenvalue weighted by Gasteiger charge is -2.47. The standard InChI is InChI=1S/C13H21N3O3S2/c1-21(18,19)16-6-2-3-13(16)4-7-15(9-11(13)17)10-12-14-5-8-20-12/h5,8,11,17H,2-4,6-7,9-10H2,1H3/t11-,13-/m0/s1. The second-order valence-corrected chi connectivity index (χ2v) is 8.85. The third-order valence-electron chi connectivity index (χ3n) is 4.62. The number of aromatic nitrogens is 1. The first-order valence-corrected chi connectivity index (χ1v) is 9.91. The zero-order valence-electron chi connectivity index (χ0n) is 12.1. The summed E-state index contributed by atoms with van der Waals surface area (Å²) in [6, 6.07) is 0. The summed E-state index contributed by atoms with van der Waals surface area (Å²) >= 11 is 1.61. The number of aliphatic hydroxyl groups excluding tert-OH is 1. The maximum absolute atomic E-state index is 12.0. The molecular weight excluding hydrogens is 310 g/mol. The van der Waals surface area contributed by atoms with Gasteiger partial charge in [0.25, 0.3) is 0 Å². The number of likely N-dealkylation sites (tertiary alicyclic amines) is 1. The molecule has 2 atom stereocenters. The molecule has 2 aliphatic heterocycles. The highest BCUT2D eigenvalue weighted by molar-refractivity contribution is 7.88. The van der Waals surface area contributed by atoms with Gasteiger partial charge in [0.05, 0.1) is 24.4 Å². The second-order valence-electron chi connectivity index (χ2n) is 5.97.